The van der Waals surface area contributed by atoms with E-state index in [0.717, 1.165) is 45.3 Å². The van der Waals surface area contributed by atoms with Gasteiger partial charge in [0.05, 0.1) is 0 Å². The Kier molecular flexibility index (Phi) is 1.92. The minimum atomic E-state index is 0.784. The van der Waals surface area contributed by atoms with Gasteiger partial charge in [-0.15, -0.1) is 0 Å². The van der Waals surface area contributed by atoms with Gasteiger partial charge in [-0.3, -0.25) is 0 Å². The fraction of sp³-hybridized carbons (Fsp3) is 0.846. The van der Waals surface area contributed by atoms with Gasteiger partial charge < -0.3 is 0 Å². The Balaban J connectivity index is 1.72. The number of allylic oxidation sites excluding steroid dienone is 1. The summed E-state index contributed by atoms with van der Waals surface area (Å²) in [6.45, 7) is 11.2. The van der Waals surface area contributed by atoms with Gasteiger partial charge in [0.1, 0.15) is 0 Å². The van der Waals surface area contributed by atoms with Gasteiger partial charge in [0.15, 0.2) is 0 Å². The van der Waals surface area contributed by atoms with Crippen molar-refractivity contribution in [1.82, 2.24) is 0 Å². The van der Waals surface area contributed by atoms with Gasteiger partial charge >= 0.3 is 0 Å². The molecule has 0 aromatic rings. The zero-order valence-corrected chi connectivity index (χ0v) is 11.4. The topological polar surface area (TPSA) is 0 Å². The highest BCUT2D eigenvalue weighted by atomic mass is 127. The van der Waals surface area contributed by atoms with Crippen molar-refractivity contribution in [1.29, 1.82) is 0 Å². The highest BCUT2D eigenvalue weighted by Crippen LogP contribution is 2.80. The molecular weight excluding hydrogens is 283 g/mol. The average Bonchev–Trinajstić information content (AvgIpc) is 2.71. The van der Waals surface area contributed by atoms with Crippen LogP contribution in [0.5, 0.6) is 0 Å². The molecule has 8 unspecified atom stereocenters. The first-order chi connectivity index (χ1) is 6.55. The lowest BCUT2D eigenvalue weighted by Gasteiger charge is -2.55. The molecule has 0 aromatic carbocycles. The van der Waals surface area contributed by atoms with Crippen LogP contribution in [0, 0.1) is 41.4 Å². The number of alkyl halides is 1. The Morgan fingerprint density at radius 1 is 1.21 bits per heavy atom. The highest BCUT2D eigenvalue weighted by molar-refractivity contribution is 14.1. The summed E-state index contributed by atoms with van der Waals surface area (Å²) in [6, 6.07) is 0. The predicted molar refractivity (Wildman–Crippen MR) is 68.4 cm³/mol. The van der Waals surface area contributed by atoms with E-state index in [2.05, 4.69) is 49.9 Å². The van der Waals surface area contributed by atoms with E-state index in [1.54, 1.807) is 0 Å². The van der Waals surface area contributed by atoms with Crippen LogP contribution in [-0.2, 0) is 0 Å². The van der Waals surface area contributed by atoms with Gasteiger partial charge in [-0.2, -0.15) is 0 Å². The van der Waals surface area contributed by atoms with E-state index in [-0.39, 0.29) is 0 Å². The molecule has 8 atom stereocenters. The lowest BCUT2D eigenvalue weighted by molar-refractivity contribution is -0.0107. The summed E-state index contributed by atoms with van der Waals surface area (Å²) in [6.07, 6.45) is 0. The van der Waals surface area contributed by atoms with Gasteiger partial charge in [-0.05, 0) is 48.3 Å². The average molecular weight is 302 g/mol. The number of halogens is 1. The summed E-state index contributed by atoms with van der Waals surface area (Å²) in [4.78, 5) is 0. The van der Waals surface area contributed by atoms with E-state index < -0.39 is 0 Å². The first-order valence-electron chi connectivity index (χ1n) is 5.85. The second kappa shape index (κ2) is 2.78. The van der Waals surface area contributed by atoms with E-state index in [4.69, 9.17) is 0 Å². The number of rotatable bonds is 2. The molecule has 0 radical (unpaired) electrons. The number of hydrogen-bond acceptors (Lipinski definition) is 0. The lowest BCUT2D eigenvalue weighted by Crippen LogP contribution is -2.55. The van der Waals surface area contributed by atoms with Crippen LogP contribution in [0.4, 0.5) is 0 Å². The van der Waals surface area contributed by atoms with Crippen molar-refractivity contribution in [2.24, 2.45) is 41.4 Å². The Hall–Kier alpha value is 0.470. The van der Waals surface area contributed by atoms with E-state index in [9.17, 15) is 0 Å². The van der Waals surface area contributed by atoms with Crippen LogP contribution in [0.2, 0.25) is 0 Å². The van der Waals surface area contributed by atoms with Crippen molar-refractivity contribution >= 4 is 22.6 Å². The fourth-order valence-corrected chi connectivity index (χ4v) is 5.76. The van der Waals surface area contributed by atoms with E-state index in [0.29, 0.717) is 0 Å². The second-order valence-corrected chi connectivity index (χ2v) is 7.26. The maximum absolute atomic E-state index is 4.12. The molecular formula is C13H19I. The molecule has 1 heteroatoms. The monoisotopic (exact) mass is 302 g/mol. The molecule has 3 saturated carbocycles. The van der Waals surface area contributed by atoms with Gasteiger partial charge in [-0.25, -0.2) is 0 Å². The van der Waals surface area contributed by atoms with Gasteiger partial charge in [0.25, 0.3) is 0 Å². The Morgan fingerprint density at radius 2 is 1.79 bits per heavy atom. The maximum atomic E-state index is 4.12. The third-order valence-electron chi connectivity index (χ3n) is 5.36. The van der Waals surface area contributed by atoms with Crippen LogP contribution >= 0.6 is 22.6 Å². The van der Waals surface area contributed by atoms with E-state index in [1.165, 1.54) is 5.57 Å². The molecule has 3 rings (SSSR count). The summed E-state index contributed by atoms with van der Waals surface area (Å²) in [7, 11) is 0. The van der Waals surface area contributed by atoms with Crippen molar-refractivity contribution in [2.45, 2.75) is 24.7 Å². The number of hydrogen-bond donors (Lipinski definition) is 0. The summed E-state index contributed by atoms with van der Waals surface area (Å²) < 4.78 is 0.987. The van der Waals surface area contributed by atoms with Crippen LogP contribution in [0.25, 0.3) is 0 Å². The zero-order valence-electron chi connectivity index (χ0n) is 9.20. The van der Waals surface area contributed by atoms with Crippen LogP contribution in [0.1, 0.15) is 20.8 Å². The second-order valence-electron chi connectivity index (χ2n) is 5.83. The molecule has 0 N–H and O–H groups in total. The standard InChI is InChI=1S/C13H19I/c1-5(2)6(3)8-10-9-7(4)13(14)12(9)11(8)10/h6-13H,1H2,2-4H3. The van der Waals surface area contributed by atoms with Crippen LogP contribution in [-0.4, -0.2) is 3.92 Å². The van der Waals surface area contributed by atoms with Crippen LogP contribution < -0.4 is 0 Å². The minimum Gasteiger partial charge on any atom is -0.0999 e. The molecule has 0 amide bonds. The predicted octanol–water partition coefficient (Wildman–Crippen LogP) is 3.76. The highest BCUT2D eigenvalue weighted by Gasteiger charge is 2.77. The van der Waals surface area contributed by atoms with Gasteiger partial charge in [0, 0.05) is 3.92 Å². The fourth-order valence-electron chi connectivity index (χ4n) is 4.32. The largest absolute Gasteiger partial charge is 0.0999 e. The van der Waals surface area contributed by atoms with Crippen molar-refractivity contribution in [2.75, 3.05) is 0 Å². The molecule has 0 bridgehead atoms. The quantitative estimate of drug-likeness (QED) is 0.414. The first-order valence-corrected chi connectivity index (χ1v) is 7.09. The van der Waals surface area contributed by atoms with E-state index in [1.807, 2.05) is 0 Å². The summed E-state index contributed by atoms with van der Waals surface area (Å²) in [5.41, 5.74) is 1.40. The zero-order chi connectivity index (χ0) is 10.2. The third-order valence-corrected chi connectivity index (χ3v) is 7.32. The Morgan fingerprint density at radius 3 is 2.29 bits per heavy atom. The van der Waals surface area contributed by atoms with Gasteiger partial charge in [-0.1, -0.05) is 48.6 Å². The smallest absolute Gasteiger partial charge is 0.0172 e. The van der Waals surface area contributed by atoms with Crippen molar-refractivity contribution in [3.8, 4) is 0 Å². The van der Waals surface area contributed by atoms with Crippen LogP contribution in [0.15, 0.2) is 12.2 Å². The normalized spacial score (nSPS) is 60.1. The summed E-state index contributed by atoms with van der Waals surface area (Å²) in [5.74, 6) is 7.22. The molecule has 0 saturated heterocycles. The summed E-state index contributed by atoms with van der Waals surface area (Å²) in [5, 5.41) is 0. The molecule has 3 aliphatic carbocycles. The Bertz CT molecular complexity index is 276. The molecule has 78 valence electrons. The third kappa shape index (κ3) is 0.910. The molecule has 14 heavy (non-hydrogen) atoms. The molecule has 0 aromatic heterocycles. The van der Waals surface area contributed by atoms with Gasteiger partial charge in [0.2, 0.25) is 0 Å². The molecule has 3 fully saturated rings. The molecule has 0 aliphatic heterocycles. The minimum absolute atomic E-state index is 0.784. The van der Waals surface area contributed by atoms with E-state index >= 15 is 0 Å². The molecule has 0 heterocycles. The maximum Gasteiger partial charge on any atom is 0.0172 e. The summed E-state index contributed by atoms with van der Waals surface area (Å²) >= 11 is 2.68. The van der Waals surface area contributed by atoms with Crippen molar-refractivity contribution in [3.05, 3.63) is 12.2 Å². The van der Waals surface area contributed by atoms with Crippen molar-refractivity contribution in [3.63, 3.8) is 0 Å². The lowest BCUT2D eigenvalue weighted by atomic mass is 9.54. The van der Waals surface area contributed by atoms with Crippen molar-refractivity contribution < 1.29 is 0 Å². The number of fused-ring (bicyclic) bond motifs is 4. The SMILES string of the molecule is C=C(C)C(C)C1C2C3C(C)C(I)C3C12. The molecule has 0 spiro atoms. The Labute approximate surface area is 101 Å². The van der Waals surface area contributed by atoms with Crippen LogP contribution in [0.3, 0.4) is 0 Å². The molecule has 0 nitrogen and oxygen atoms in total. The first kappa shape index (κ1) is 9.68. The molecule has 3 aliphatic rings.